The Labute approximate surface area is 113 Å². The quantitative estimate of drug-likeness (QED) is 0.892. The van der Waals surface area contributed by atoms with Crippen molar-refractivity contribution in [2.45, 2.75) is 26.9 Å². The summed E-state index contributed by atoms with van der Waals surface area (Å²) in [7, 11) is 0. The topological polar surface area (TPSA) is 59.9 Å². The highest BCUT2D eigenvalue weighted by Gasteiger charge is 2.05. The minimum atomic E-state index is 0.00798. The smallest absolute Gasteiger partial charge is 0.223 e. The van der Waals surface area contributed by atoms with E-state index >= 15 is 0 Å². The van der Waals surface area contributed by atoms with E-state index in [4.69, 9.17) is 4.74 Å². The third-order valence-corrected chi connectivity index (χ3v) is 2.50. The van der Waals surface area contributed by atoms with E-state index < -0.39 is 0 Å². The fourth-order valence-corrected chi connectivity index (χ4v) is 1.73. The number of anilines is 1. The van der Waals surface area contributed by atoms with Crippen LogP contribution in [0, 0.1) is 13.8 Å². The Hall–Kier alpha value is -2.17. The summed E-state index contributed by atoms with van der Waals surface area (Å²) in [5.41, 5.74) is 1.91. The molecule has 5 nitrogen and oxygen atoms in total. The minimum Gasteiger partial charge on any atom is -0.487 e. The van der Waals surface area contributed by atoms with Crippen molar-refractivity contribution in [3.63, 3.8) is 0 Å². The molecule has 0 saturated heterocycles. The first-order valence-corrected chi connectivity index (χ1v) is 6.26. The van der Waals surface area contributed by atoms with Gasteiger partial charge in [-0.05, 0) is 39.0 Å². The van der Waals surface area contributed by atoms with Crippen LogP contribution in [0.4, 0.5) is 5.95 Å². The molecule has 0 radical (unpaired) electrons. The summed E-state index contributed by atoms with van der Waals surface area (Å²) in [4.78, 5) is 12.7. The number of nitrogens with zero attached hydrogens (tertiary/aromatic N) is 3. The fraction of sp³-hybridized carbons (Fsp3) is 0.357. The molecule has 0 saturated carbocycles. The third kappa shape index (κ3) is 4.21. The predicted molar refractivity (Wildman–Crippen MR) is 74.3 cm³/mol. The zero-order valence-electron chi connectivity index (χ0n) is 11.4. The number of aryl methyl sites for hydroxylation is 2. The number of aromatic nitrogens is 3. The van der Waals surface area contributed by atoms with Crippen LogP contribution in [0.25, 0.3) is 0 Å². The van der Waals surface area contributed by atoms with E-state index in [-0.39, 0.29) is 6.10 Å². The zero-order chi connectivity index (χ0) is 13.7. The second-order valence-electron chi connectivity index (χ2n) is 4.47. The van der Waals surface area contributed by atoms with E-state index in [1.54, 1.807) is 12.4 Å². The van der Waals surface area contributed by atoms with Gasteiger partial charge in [0.05, 0.1) is 12.7 Å². The van der Waals surface area contributed by atoms with Gasteiger partial charge in [-0.15, -0.1) is 0 Å². The second-order valence-corrected chi connectivity index (χ2v) is 4.47. The first-order chi connectivity index (χ1) is 9.13. The van der Waals surface area contributed by atoms with E-state index in [2.05, 4.69) is 20.3 Å². The van der Waals surface area contributed by atoms with Gasteiger partial charge in [0, 0.05) is 17.6 Å². The first kappa shape index (κ1) is 13.3. The van der Waals surface area contributed by atoms with Gasteiger partial charge in [0.15, 0.2) is 0 Å². The summed E-state index contributed by atoms with van der Waals surface area (Å²) in [5, 5.41) is 3.18. The molecule has 19 heavy (non-hydrogen) atoms. The maximum absolute atomic E-state index is 5.72. The Morgan fingerprint density at radius 2 is 2.00 bits per heavy atom. The molecular weight excluding hydrogens is 240 g/mol. The van der Waals surface area contributed by atoms with Crippen LogP contribution >= 0.6 is 0 Å². The number of rotatable bonds is 5. The van der Waals surface area contributed by atoms with Crippen LogP contribution in [-0.4, -0.2) is 27.6 Å². The maximum Gasteiger partial charge on any atom is 0.223 e. The highest BCUT2D eigenvalue weighted by molar-refractivity contribution is 5.27. The summed E-state index contributed by atoms with van der Waals surface area (Å²) in [6.45, 7) is 6.53. The molecule has 0 amide bonds. The van der Waals surface area contributed by atoms with E-state index in [0.29, 0.717) is 12.5 Å². The lowest BCUT2D eigenvalue weighted by Crippen LogP contribution is -2.23. The molecule has 5 heteroatoms. The molecule has 0 aliphatic heterocycles. The van der Waals surface area contributed by atoms with Crippen LogP contribution in [0.15, 0.2) is 30.6 Å². The fourth-order valence-electron chi connectivity index (χ4n) is 1.73. The lowest BCUT2D eigenvalue weighted by Gasteiger charge is -2.15. The average Bonchev–Trinajstić information content (AvgIpc) is 2.36. The molecule has 100 valence electrons. The Morgan fingerprint density at radius 3 is 2.63 bits per heavy atom. The van der Waals surface area contributed by atoms with Crippen LogP contribution in [0.3, 0.4) is 0 Å². The largest absolute Gasteiger partial charge is 0.487 e. The molecule has 1 atom stereocenters. The van der Waals surface area contributed by atoms with Crippen LogP contribution in [0.1, 0.15) is 18.3 Å². The van der Waals surface area contributed by atoms with Gasteiger partial charge < -0.3 is 10.1 Å². The van der Waals surface area contributed by atoms with Gasteiger partial charge in [0.2, 0.25) is 5.95 Å². The average molecular weight is 258 g/mol. The van der Waals surface area contributed by atoms with Crippen molar-refractivity contribution in [2.75, 3.05) is 11.9 Å². The van der Waals surface area contributed by atoms with Gasteiger partial charge in [-0.3, -0.25) is 4.98 Å². The summed E-state index contributed by atoms with van der Waals surface area (Å²) in [5.74, 6) is 1.40. The minimum absolute atomic E-state index is 0.00798. The normalized spacial score (nSPS) is 11.9. The molecule has 2 aromatic rings. The molecule has 2 rings (SSSR count). The number of hydrogen-bond donors (Lipinski definition) is 1. The maximum atomic E-state index is 5.72. The van der Waals surface area contributed by atoms with Gasteiger partial charge in [-0.1, -0.05) is 0 Å². The van der Waals surface area contributed by atoms with Crippen molar-refractivity contribution in [3.05, 3.63) is 42.0 Å². The van der Waals surface area contributed by atoms with Crippen molar-refractivity contribution >= 4 is 5.95 Å². The Morgan fingerprint density at radius 1 is 1.26 bits per heavy atom. The summed E-state index contributed by atoms with van der Waals surface area (Å²) in [6.07, 6.45) is 3.43. The lowest BCUT2D eigenvalue weighted by molar-refractivity contribution is 0.233. The number of hydrogen-bond acceptors (Lipinski definition) is 5. The second kappa shape index (κ2) is 6.13. The van der Waals surface area contributed by atoms with E-state index in [0.717, 1.165) is 17.1 Å². The van der Waals surface area contributed by atoms with Crippen LogP contribution in [-0.2, 0) is 0 Å². The molecule has 0 aliphatic rings. The molecule has 2 heterocycles. The standard InChI is InChI=1S/C14H18N4O/c1-10-7-11(2)18-14(17-10)16-8-12(3)19-13-5-4-6-15-9-13/h4-7,9,12H,8H2,1-3H3,(H,16,17,18). The molecule has 0 fully saturated rings. The number of ether oxygens (including phenoxy) is 1. The Balaban J connectivity index is 1.88. The van der Waals surface area contributed by atoms with Gasteiger partial charge in [-0.25, -0.2) is 9.97 Å². The molecular formula is C14H18N4O. The van der Waals surface area contributed by atoms with Crippen molar-refractivity contribution < 1.29 is 4.74 Å². The van der Waals surface area contributed by atoms with Gasteiger partial charge in [-0.2, -0.15) is 0 Å². The van der Waals surface area contributed by atoms with E-state index in [9.17, 15) is 0 Å². The molecule has 2 aromatic heterocycles. The first-order valence-electron chi connectivity index (χ1n) is 6.26. The molecule has 1 unspecified atom stereocenters. The lowest BCUT2D eigenvalue weighted by atomic mass is 10.3. The summed E-state index contributed by atoms with van der Waals surface area (Å²) in [6, 6.07) is 5.68. The van der Waals surface area contributed by atoms with Crippen LogP contribution in [0.5, 0.6) is 5.75 Å². The van der Waals surface area contributed by atoms with Gasteiger partial charge in [0.1, 0.15) is 11.9 Å². The molecule has 1 N–H and O–H groups in total. The Bertz CT molecular complexity index is 510. The van der Waals surface area contributed by atoms with Gasteiger partial charge in [0.25, 0.3) is 0 Å². The number of nitrogens with one attached hydrogen (secondary N) is 1. The predicted octanol–water partition coefficient (Wildman–Crippen LogP) is 2.37. The number of pyridine rings is 1. The van der Waals surface area contributed by atoms with Crippen molar-refractivity contribution in [3.8, 4) is 5.75 Å². The van der Waals surface area contributed by atoms with Crippen molar-refractivity contribution in [1.29, 1.82) is 0 Å². The third-order valence-electron chi connectivity index (χ3n) is 2.50. The van der Waals surface area contributed by atoms with Crippen LogP contribution in [0.2, 0.25) is 0 Å². The molecule has 0 aromatic carbocycles. The van der Waals surface area contributed by atoms with Gasteiger partial charge >= 0.3 is 0 Å². The molecule has 0 spiro atoms. The van der Waals surface area contributed by atoms with E-state index in [1.165, 1.54) is 0 Å². The molecule has 0 bridgehead atoms. The highest BCUT2D eigenvalue weighted by Crippen LogP contribution is 2.09. The Kier molecular flexibility index (Phi) is 4.28. The van der Waals surface area contributed by atoms with E-state index in [1.807, 2.05) is 39.0 Å². The van der Waals surface area contributed by atoms with Crippen molar-refractivity contribution in [1.82, 2.24) is 15.0 Å². The molecule has 0 aliphatic carbocycles. The zero-order valence-corrected chi connectivity index (χ0v) is 11.4. The summed E-state index contributed by atoms with van der Waals surface area (Å²) < 4.78 is 5.72. The monoisotopic (exact) mass is 258 g/mol. The summed E-state index contributed by atoms with van der Waals surface area (Å²) >= 11 is 0. The van der Waals surface area contributed by atoms with Crippen LogP contribution < -0.4 is 10.1 Å². The highest BCUT2D eigenvalue weighted by atomic mass is 16.5. The van der Waals surface area contributed by atoms with Crippen molar-refractivity contribution in [2.24, 2.45) is 0 Å². The SMILES string of the molecule is Cc1cc(C)nc(NCC(C)Oc2cccnc2)n1.